The van der Waals surface area contributed by atoms with Gasteiger partial charge < -0.3 is 12.9 Å². The minimum absolute atomic E-state index is 0.249. The van der Waals surface area contributed by atoms with Crippen LogP contribution in [0.2, 0.25) is 0 Å². The standard InChI is InChI=1S/C10H8BF3N/c12-11(13,14)7-5-9-1-3-10(4-2-9)6-8-15/h1-5,7H,6H2/q-1/b7-5+. The Balaban J connectivity index is 2.74. The van der Waals surface area contributed by atoms with Gasteiger partial charge in [-0.05, 0) is 11.1 Å². The number of nitriles is 1. The van der Waals surface area contributed by atoms with Gasteiger partial charge in [0, 0.05) is 0 Å². The summed E-state index contributed by atoms with van der Waals surface area (Å²) in [6, 6.07) is 8.38. The molecule has 1 aromatic carbocycles. The van der Waals surface area contributed by atoms with Crippen LogP contribution >= 0.6 is 0 Å². The van der Waals surface area contributed by atoms with Crippen LogP contribution in [0.25, 0.3) is 6.08 Å². The lowest BCUT2D eigenvalue weighted by atomic mass is 9.90. The lowest BCUT2D eigenvalue weighted by Gasteiger charge is -2.06. The Morgan fingerprint density at radius 1 is 1.20 bits per heavy atom. The smallest absolute Gasteiger partial charge is 0.445 e. The number of benzene rings is 1. The van der Waals surface area contributed by atoms with Crippen molar-refractivity contribution in [3.05, 3.63) is 41.4 Å². The molecule has 0 radical (unpaired) electrons. The van der Waals surface area contributed by atoms with Gasteiger partial charge in [0.25, 0.3) is 0 Å². The summed E-state index contributed by atoms with van der Waals surface area (Å²) >= 11 is 0. The van der Waals surface area contributed by atoms with Crippen LogP contribution in [0.15, 0.2) is 30.2 Å². The molecule has 0 N–H and O–H groups in total. The molecule has 0 aliphatic heterocycles. The zero-order chi connectivity index (χ0) is 11.3. The molecule has 0 atom stereocenters. The van der Waals surface area contributed by atoms with Crippen LogP contribution in [0.1, 0.15) is 11.1 Å². The molecule has 0 aromatic heterocycles. The normalized spacial score (nSPS) is 11.6. The monoisotopic (exact) mass is 210 g/mol. The van der Waals surface area contributed by atoms with Crippen LogP contribution < -0.4 is 0 Å². The van der Waals surface area contributed by atoms with E-state index in [1.165, 1.54) is 0 Å². The highest BCUT2D eigenvalue weighted by molar-refractivity contribution is 6.64. The molecule has 1 aromatic rings. The van der Waals surface area contributed by atoms with E-state index in [2.05, 4.69) is 0 Å². The van der Waals surface area contributed by atoms with Crippen LogP contribution in [0.5, 0.6) is 0 Å². The van der Waals surface area contributed by atoms with Crippen LogP contribution in [0.3, 0.4) is 0 Å². The molecular formula is C10H8BF3N-. The largest absolute Gasteiger partial charge is 0.502 e. The maximum atomic E-state index is 11.9. The Kier molecular flexibility index (Phi) is 3.56. The van der Waals surface area contributed by atoms with Gasteiger partial charge in [0.05, 0.1) is 12.5 Å². The lowest BCUT2D eigenvalue weighted by molar-refractivity contribution is 0.499. The lowest BCUT2D eigenvalue weighted by Crippen LogP contribution is -2.09. The zero-order valence-electron chi connectivity index (χ0n) is 7.83. The number of nitrogens with zero attached hydrogens (tertiary/aromatic N) is 1. The fourth-order valence-corrected chi connectivity index (χ4v) is 1.06. The topological polar surface area (TPSA) is 23.8 Å². The van der Waals surface area contributed by atoms with Gasteiger partial charge in [-0.25, -0.2) is 0 Å². The van der Waals surface area contributed by atoms with Gasteiger partial charge in [0.15, 0.2) is 0 Å². The predicted octanol–water partition coefficient (Wildman–Crippen LogP) is 3.15. The molecule has 5 heteroatoms. The maximum Gasteiger partial charge on any atom is 0.502 e. The van der Waals surface area contributed by atoms with Crippen molar-refractivity contribution in [3.63, 3.8) is 0 Å². The van der Waals surface area contributed by atoms with Gasteiger partial charge in [0.2, 0.25) is 0 Å². The van der Waals surface area contributed by atoms with Crippen LogP contribution in [-0.4, -0.2) is 6.98 Å². The third kappa shape index (κ3) is 4.36. The predicted molar refractivity (Wildman–Crippen MR) is 53.9 cm³/mol. The summed E-state index contributed by atoms with van der Waals surface area (Å²) in [6.45, 7) is -4.88. The first-order chi connectivity index (χ1) is 7.01. The van der Waals surface area contributed by atoms with Gasteiger partial charge in [-0.3, -0.25) is 0 Å². The SMILES string of the molecule is N#CCc1ccc(/C=C/[B-](F)(F)F)cc1. The second-order valence-corrected chi connectivity index (χ2v) is 3.06. The van der Waals surface area contributed by atoms with E-state index in [9.17, 15) is 12.9 Å². The third-order valence-electron chi connectivity index (χ3n) is 1.77. The van der Waals surface area contributed by atoms with Crippen molar-refractivity contribution in [3.8, 4) is 6.07 Å². The summed E-state index contributed by atoms with van der Waals surface area (Å²) < 4.78 is 35.6. The van der Waals surface area contributed by atoms with E-state index in [0.717, 1.165) is 11.6 Å². The molecule has 1 rings (SSSR count). The fraction of sp³-hybridized carbons (Fsp3) is 0.100. The Hall–Kier alpha value is -1.70. The van der Waals surface area contributed by atoms with E-state index in [0.29, 0.717) is 5.56 Å². The average molecular weight is 210 g/mol. The Morgan fingerprint density at radius 2 is 1.80 bits per heavy atom. The van der Waals surface area contributed by atoms with E-state index < -0.39 is 6.98 Å². The molecule has 0 saturated heterocycles. The van der Waals surface area contributed by atoms with Crippen molar-refractivity contribution in [2.45, 2.75) is 6.42 Å². The molecule has 0 aliphatic rings. The number of rotatable bonds is 3. The quantitative estimate of drug-likeness (QED) is 0.702. The summed E-state index contributed by atoms with van der Waals surface area (Å²) in [7, 11) is 0. The zero-order valence-corrected chi connectivity index (χ0v) is 7.83. The summed E-state index contributed by atoms with van der Waals surface area (Å²) in [4.78, 5) is 0. The molecule has 0 aliphatic carbocycles. The molecule has 0 spiro atoms. The molecule has 0 heterocycles. The van der Waals surface area contributed by atoms with E-state index in [-0.39, 0.29) is 12.4 Å². The van der Waals surface area contributed by atoms with Gasteiger partial charge in [-0.2, -0.15) is 5.26 Å². The summed E-state index contributed by atoms with van der Waals surface area (Å²) in [5.74, 6) is 0.249. The van der Waals surface area contributed by atoms with E-state index in [4.69, 9.17) is 5.26 Å². The second kappa shape index (κ2) is 4.69. The fourth-order valence-electron chi connectivity index (χ4n) is 1.06. The van der Waals surface area contributed by atoms with E-state index in [1.54, 1.807) is 24.3 Å². The first-order valence-corrected chi connectivity index (χ1v) is 4.36. The first kappa shape index (κ1) is 11.4. The molecule has 78 valence electrons. The van der Waals surface area contributed by atoms with Crippen LogP contribution in [-0.2, 0) is 6.42 Å². The Labute approximate surface area is 85.9 Å². The molecule has 15 heavy (non-hydrogen) atoms. The average Bonchev–Trinajstić information content (AvgIpc) is 2.16. The van der Waals surface area contributed by atoms with Crippen molar-refractivity contribution >= 4 is 13.1 Å². The molecule has 0 amide bonds. The number of hydrogen-bond donors (Lipinski definition) is 0. The van der Waals surface area contributed by atoms with Crippen molar-refractivity contribution in [1.82, 2.24) is 0 Å². The minimum atomic E-state index is -4.88. The second-order valence-electron chi connectivity index (χ2n) is 3.06. The first-order valence-electron chi connectivity index (χ1n) is 4.36. The highest BCUT2D eigenvalue weighted by Gasteiger charge is 2.16. The van der Waals surface area contributed by atoms with E-state index in [1.807, 2.05) is 6.07 Å². The van der Waals surface area contributed by atoms with Gasteiger partial charge in [-0.15, -0.1) is 5.98 Å². The maximum absolute atomic E-state index is 11.9. The van der Waals surface area contributed by atoms with Crippen LogP contribution in [0.4, 0.5) is 12.9 Å². The van der Waals surface area contributed by atoms with Crippen molar-refractivity contribution in [2.24, 2.45) is 0 Å². The van der Waals surface area contributed by atoms with Gasteiger partial charge in [0.1, 0.15) is 0 Å². The molecular weight excluding hydrogens is 202 g/mol. The van der Waals surface area contributed by atoms with Gasteiger partial charge >= 0.3 is 6.98 Å². The molecule has 0 saturated carbocycles. The highest BCUT2D eigenvalue weighted by atomic mass is 19.4. The Morgan fingerprint density at radius 3 is 2.27 bits per heavy atom. The summed E-state index contributed by atoms with van der Waals surface area (Å²) in [6.07, 6.45) is 1.29. The van der Waals surface area contributed by atoms with Crippen molar-refractivity contribution in [1.29, 1.82) is 5.26 Å². The summed E-state index contributed by atoms with van der Waals surface area (Å²) in [5, 5.41) is 8.39. The minimum Gasteiger partial charge on any atom is -0.445 e. The van der Waals surface area contributed by atoms with Crippen molar-refractivity contribution in [2.75, 3.05) is 0 Å². The molecule has 1 nitrogen and oxygen atoms in total. The Bertz CT molecular complexity index is 387. The molecule has 0 unspecified atom stereocenters. The number of halogens is 3. The van der Waals surface area contributed by atoms with Gasteiger partial charge in [-0.1, -0.05) is 30.3 Å². The third-order valence-corrected chi connectivity index (χ3v) is 1.77. The molecule has 0 fully saturated rings. The van der Waals surface area contributed by atoms with Crippen molar-refractivity contribution < 1.29 is 12.9 Å². The number of hydrogen-bond acceptors (Lipinski definition) is 1. The van der Waals surface area contributed by atoms with E-state index >= 15 is 0 Å². The molecule has 0 bridgehead atoms. The van der Waals surface area contributed by atoms with Crippen LogP contribution in [0, 0.1) is 11.3 Å². The summed E-state index contributed by atoms with van der Waals surface area (Å²) in [5.41, 5.74) is 1.28. The highest BCUT2D eigenvalue weighted by Crippen LogP contribution is 2.13.